The Kier molecular flexibility index (Phi) is 4.13. The Hall–Kier alpha value is -2.47. The van der Waals surface area contributed by atoms with Crippen LogP contribution < -0.4 is 5.32 Å². The summed E-state index contributed by atoms with van der Waals surface area (Å²) in [7, 11) is 0. The van der Waals surface area contributed by atoms with Gasteiger partial charge in [-0.25, -0.2) is 4.98 Å². The summed E-state index contributed by atoms with van der Waals surface area (Å²) in [5.74, 6) is 0.0304. The lowest BCUT2D eigenvalue weighted by molar-refractivity contribution is -0.132. The van der Waals surface area contributed by atoms with Crippen LogP contribution >= 0.6 is 11.3 Å². The Morgan fingerprint density at radius 1 is 1.16 bits per heavy atom. The fraction of sp³-hybridized carbons (Fsp3) is 0.316. The first-order valence-corrected chi connectivity index (χ1v) is 9.28. The van der Waals surface area contributed by atoms with Crippen molar-refractivity contribution in [2.75, 3.05) is 18.4 Å². The third kappa shape index (κ3) is 3.09. The van der Waals surface area contributed by atoms with Crippen molar-refractivity contribution < 1.29 is 9.59 Å². The van der Waals surface area contributed by atoms with Gasteiger partial charge in [0.1, 0.15) is 0 Å². The summed E-state index contributed by atoms with van der Waals surface area (Å²) < 4.78 is 1.07. The molecular formula is C19H19N3O2S. The number of nitrogens with one attached hydrogen (secondary N) is 1. The van der Waals surface area contributed by atoms with E-state index in [0.29, 0.717) is 31.1 Å². The molecule has 1 saturated heterocycles. The van der Waals surface area contributed by atoms with Crippen LogP contribution in [0.5, 0.6) is 0 Å². The summed E-state index contributed by atoms with van der Waals surface area (Å²) in [6, 6.07) is 12.3. The zero-order valence-electron chi connectivity index (χ0n) is 14.0. The first kappa shape index (κ1) is 16.0. The summed E-state index contributed by atoms with van der Waals surface area (Å²) in [4.78, 5) is 30.4. The Balaban J connectivity index is 1.52. The van der Waals surface area contributed by atoms with Crippen LogP contribution in [0.15, 0.2) is 36.4 Å². The van der Waals surface area contributed by atoms with Gasteiger partial charge < -0.3 is 10.2 Å². The summed E-state index contributed by atoms with van der Waals surface area (Å²) in [5, 5.41) is 5.87. The predicted octanol–water partition coefficient (Wildman–Crippen LogP) is 3.65. The number of rotatable bonds is 2. The standard InChI is InChI=1S/C19H19N3O2S/c1-12(23)22-10-8-14(9-11-22)18(24)21-19-20-17-15-5-3-2-4-13(15)6-7-16(17)25-19/h2-7,14H,8-11H2,1H3,(H,20,21,24). The van der Waals surface area contributed by atoms with E-state index in [1.54, 1.807) is 11.8 Å². The van der Waals surface area contributed by atoms with Crippen molar-refractivity contribution in [2.45, 2.75) is 19.8 Å². The number of hydrogen-bond donors (Lipinski definition) is 1. The first-order valence-electron chi connectivity index (χ1n) is 8.46. The van der Waals surface area contributed by atoms with Gasteiger partial charge in [0.2, 0.25) is 11.8 Å². The van der Waals surface area contributed by atoms with Crippen LogP contribution in [0.3, 0.4) is 0 Å². The second-order valence-electron chi connectivity index (χ2n) is 6.42. The van der Waals surface area contributed by atoms with Crippen LogP contribution in [0.2, 0.25) is 0 Å². The minimum Gasteiger partial charge on any atom is -0.343 e. The van der Waals surface area contributed by atoms with Crippen LogP contribution in [0.25, 0.3) is 21.0 Å². The van der Waals surface area contributed by atoms with E-state index in [-0.39, 0.29) is 17.7 Å². The van der Waals surface area contributed by atoms with Crippen molar-refractivity contribution in [3.8, 4) is 0 Å². The Labute approximate surface area is 149 Å². The number of piperidine rings is 1. The van der Waals surface area contributed by atoms with Gasteiger partial charge in [-0.15, -0.1) is 0 Å². The highest BCUT2D eigenvalue weighted by Gasteiger charge is 2.26. The highest BCUT2D eigenvalue weighted by molar-refractivity contribution is 7.22. The molecule has 25 heavy (non-hydrogen) atoms. The minimum atomic E-state index is -0.0562. The van der Waals surface area contributed by atoms with Gasteiger partial charge in [0.05, 0.1) is 10.2 Å². The summed E-state index contributed by atoms with van der Waals surface area (Å²) in [5.41, 5.74) is 0.935. The lowest BCUT2D eigenvalue weighted by Gasteiger charge is -2.30. The van der Waals surface area contributed by atoms with Gasteiger partial charge in [0.25, 0.3) is 0 Å². The smallest absolute Gasteiger partial charge is 0.229 e. The molecule has 1 N–H and O–H groups in total. The molecule has 2 amide bonds. The van der Waals surface area contributed by atoms with Crippen molar-refractivity contribution in [1.29, 1.82) is 0 Å². The molecule has 0 bridgehead atoms. The number of carbonyl (C=O) groups excluding carboxylic acids is 2. The molecule has 1 fully saturated rings. The number of carbonyl (C=O) groups is 2. The summed E-state index contributed by atoms with van der Waals surface area (Å²) in [6.45, 7) is 2.88. The van der Waals surface area contributed by atoms with Gasteiger partial charge in [-0.05, 0) is 24.3 Å². The highest BCUT2D eigenvalue weighted by atomic mass is 32.1. The summed E-state index contributed by atoms with van der Waals surface area (Å²) in [6.07, 6.45) is 1.42. The maximum atomic E-state index is 12.5. The number of anilines is 1. The molecule has 0 spiro atoms. The molecule has 3 aromatic rings. The molecule has 0 aliphatic carbocycles. The van der Waals surface area contributed by atoms with E-state index >= 15 is 0 Å². The molecule has 1 aromatic heterocycles. The van der Waals surface area contributed by atoms with Crippen molar-refractivity contribution in [3.05, 3.63) is 36.4 Å². The van der Waals surface area contributed by atoms with Gasteiger partial charge in [-0.2, -0.15) is 0 Å². The number of thiazole rings is 1. The van der Waals surface area contributed by atoms with Crippen LogP contribution in [-0.2, 0) is 9.59 Å². The number of benzene rings is 2. The fourth-order valence-electron chi connectivity index (χ4n) is 3.38. The molecule has 0 radical (unpaired) electrons. The van der Waals surface area contributed by atoms with Crippen LogP contribution in [0.4, 0.5) is 5.13 Å². The van der Waals surface area contributed by atoms with Gasteiger partial charge in [0.15, 0.2) is 5.13 Å². The van der Waals surface area contributed by atoms with E-state index in [4.69, 9.17) is 0 Å². The molecule has 2 heterocycles. The van der Waals surface area contributed by atoms with Gasteiger partial charge in [-0.3, -0.25) is 9.59 Å². The predicted molar refractivity (Wildman–Crippen MR) is 101 cm³/mol. The lowest BCUT2D eigenvalue weighted by atomic mass is 9.96. The van der Waals surface area contributed by atoms with Crippen LogP contribution in [-0.4, -0.2) is 34.8 Å². The van der Waals surface area contributed by atoms with Crippen molar-refractivity contribution in [1.82, 2.24) is 9.88 Å². The Morgan fingerprint density at radius 3 is 2.68 bits per heavy atom. The fourth-order valence-corrected chi connectivity index (χ4v) is 4.26. The van der Waals surface area contributed by atoms with Gasteiger partial charge in [-0.1, -0.05) is 41.7 Å². The largest absolute Gasteiger partial charge is 0.343 e. The van der Waals surface area contributed by atoms with E-state index in [2.05, 4.69) is 34.6 Å². The molecule has 0 atom stereocenters. The number of likely N-dealkylation sites (tertiary alicyclic amines) is 1. The van der Waals surface area contributed by atoms with E-state index < -0.39 is 0 Å². The number of aromatic nitrogens is 1. The molecule has 2 aromatic carbocycles. The zero-order valence-corrected chi connectivity index (χ0v) is 14.8. The minimum absolute atomic E-state index is 0.00608. The molecule has 4 rings (SSSR count). The summed E-state index contributed by atoms with van der Waals surface area (Å²) >= 11 is 1.50. The third-order valence-electron chi connectivity index (χ3n) is 4.82. The maximum Gasteiger partial charge on any atom is 0.229 e. The molecule has 5 nitrogen and oxygen atoms in total. The van der Waals surface area contributed by atoms with E-state index in [1.165, 1.54) is 11.3 Å². The monoisotopic (exact) mass is 353 g/mol. The highest BCUT2D eigenvalue weighted by Crippen LogP contribution is 2.32. The number of nitrogens with zero attached hydrogens (tertiary/aromatic N) is 2. The zero-order chi connectivity index (χ0) is 17.4. The molecule has 0 unspecified atom stereocenters. The number of amides is 2. The second kappa shape index (κ2) is 6.44. The molecule has 0 saturated carbocycles. The normalized spacial score (nSPS) is 15.6. The second-order valence-corrected chi connectivity index (χ2v) is 7.45. The lowest BCUT2D eigenvalue weighted by Crippen LogP contribution is -2.40. The van der Waals surface area contributed by atoms with Crippen molar-refractivity contribution in [3.63, 3.8) is 0 Å². The molecule has 128 valence electrons. The van der Waals surface area contributed by atoms with Crippen molar-refractivity contribution in [2.24, 2.45) is 5.92 Å². The number of hydrogen-bond acceptors (Lipinski definition) is 4. The maximum absolute atomic E-state index is 12.5. The van der Waals surface area contributed by atoms with Crippen molar-refractivity contribution >= 4 is 49.3 Å². The molecule has 1 aliphatic heterocycles. The first-order chi connectivity index (χ1) is 12.1. The molecular weight excluding hydrogens is 334 g/mol. The van der Waals surface area contributed by atoms with Gasteiger partial charge in [0, 0.05) is 31.3 Å². The SMILES string of the molecule is CC(=O)N1CCC(C(=O)Nc2nc3c(ccc4ccccc43)s2)CC1. The van der Waals surface area contributed by atoms with Crippen LogP contribution in [0.1, 0.15) is 19.8 Å². The van der Waals surface area contributed by atoms with E-state index in [1.807, 2.05) is 12.1 Å². The Bertz CT molecular complexity index is 958. The number of fused-ring (bicyclic) bond motifs is 3. The third-order valence-corrected chi connectivity index (χ3v) is 5.76. The molecule has 6 heteroatoms. The molecule has 1 aliphatic rings. The quantitative estimate of drug-likeness (QED) is 0.765. The van der Waals surface area contributed by atoms with E-state index in [0.717, 1.165) is 21.0 Å². The topological polar surface area (TPSA) is 62.3 Å². The van der Waals surface area contributed by atoms with Crippen LogP contribution in [0, 0.1) is 5.92 Å². The van der Waals surface area contributed by atoms with E-state index in [9.17, 15) is 9.59 Å². The average molecular weight is 353 g/mol. The average Bonchev–Trinajstić information content (AvgIpc) is 3.04. The van der Waals surface area contributed by atoms with Gasteiger partial charge >= 0.3 is 0 Å². The Morgan fingerprint density at radius 2 is 1.92 bits per heavy atom.